The molecule has 5 atom stereocenters. The lowest BCUT2D eigenvalue weighted by Gasteiger charge is -2.39. The zero-order valence-corrected chi connectivity index (χ0v) is 32.7. The maximum atomic E-state index is 14.9. The van der Waals surface area contributed by atoms with Crippen LogP contribution >= 0.6 is 0 Å². The molecule has 4 rings (SSSR count). The Morgan fingerprint density at radius 3 is 2.05 bits per heavy atom. The topological polar surface area (TPSA) is 151 Å². The smallest absolute Gasteiger partial charge is 0.408 e. The number of amides is 4. The summed E-state index contributed by atoms with van der Waals surface area (Å²) < 4.78 is 5.54. The molecule has 0 aliphatic carbocycles. The molecule has 4 aromatic carbocycles. The van der Waals surface area contributed by atoms with Gasteiger partial charge in [-0.3, -0.25) is 14.4 Å². The predicted octanol–water partition coefficient (Wildman–Crippen LogP) is 6.71. The van der Waals surface area contributed by atoms with E-state index in [4.69, 9.17) is 10.5 Å². The Labute approximate surface area is 325 Å². The van der Waals surface area contributed by atoms with Gasteiger partial charge in [0, 0.05) is 18.9 Å². The first-order chi connectivity index (χ1) is 26.5. The molecule has 0 fully saturated rings. The molecule has 10 nitrogen and oxygen atoms in total. The summed E-state index contributed by atoms with van der Waals surface area (Å²) >= 11 is 0. The minimum Gasteiger partial charge on any atom is -0.445 e. The molecular weight excluding hydrogens is 693 g/mol. The number of hydrogen-bond donors (Lipinski definition) is 4. The van der Waals surface area contributed by atoms with Crippen molar-refractivity contribution < 1.29 is 29.0 Å². The van der Waals surface area contributed by atoms with Gasteiger partial charge in [0.05, 0.1) is 12.1 Å². The van der Waals surface area contributed by atoms with Crippen molar-refractivity contribution in [1.82, 2.24) is 15.5 Å². The fourth-order valence-corrected chi connectivity index (χ4v) is 6.97. The molecule has 55 heavy (non-hydrogen) atoms. The van der Waals surface area contributed by atoms with Crippen LogP contribution in [0.2, 0.25) is 0 Å². The minimum atomic E-state index is -1.07. The first kappa shape index (κ1) is 42.5. The summed E-state index contributed by atoms with van der Waals surface area (Å²) in [6, 6.07) is 29.8. The SMILES string of the molecule is CCCC[C@H](NC(=O)[C@H](Cc1cccc2ccccc12)NC(=O)OCc1ccccc1)C(=O)N(CC(C)C)[C@@H](Cc1ccccc1)[C@@H](O)C[C@@H](CC)C(N)=O. The number of carbonyl (C=O) groups excluding carboxylic acids is 4. The zero-order chi connectivity index (χ0) is 39.7. The third-order valence-corrected chi connectivity index (χ3v) is 9.98. The third-order valence-electron chi connectivity index (χ3n) is 9.98. The van der Waals surface area contributed by atoms with Crippen molar-refractivity contribution in [1.29, 1.82) is 0 Å². The average Bonchev–Trinajstić information content (AvgIpc) is 3.19. The van der Waals surface area contributed by atoms with E-state index in [1.165, 1.54) is 0 Å². The molecule has 10 heteroatoms. The van der Waals surface area contributed by atoms with Gasteiger partial charge in [-0.1, -0.05) is 144 Å². The molecule has 294 valence electrons. The van der Waals surface area contributed by atoms with Crippen molar-refractivity contribution in [3.05, 3.63) is 120 Å². The number of hydrogen-bond acceptors (Lipinski definition) is 6. The van der Waals surface area contributed by atoms with E-state index in [0.717, 1.165) is 33.9 Å². The minimum absolute atomic E-state index is 0.0234. The van der Waals surface area contributed by atoms with Crippen LogP contribution in [0, 0.1) is 11.8 Å². The van der Waals surface area contributed by atoms with E-state index in [1.807, 2.05) is 131 Å². The number of alkyl carbamates (subject to hydrolysis) is 1. The first-order valence-corrected chi connectivity index (χ1v) is 19.6. The highest BCUT2D eigenvalue weighted by atomic mass is 16.5. The summed E-state index contributed by atoms with van der Waals surface area (Å²) in [7, 11) is 0. The van der Waals surface area contributed by atoms with E-state index in [0.29, 0.717) is 32.2 Å². The molecule has 5 N–H and O–H groups in total. The number of benzene rings is 4. The van der Waals surface area contributed by atoms with Crippen molar-refractivity contribution in [3.63, 3.8) is 0 Å². The van der Waals surface area contributed by atoms with Crippen LogP contribution in [0.4, 0.5) is 4.79 Å². The molecule has 0 spiro atoms. The summed E-state index contributed by atoms with van der Waals surface area (Å²) in [5.41, 5.74) is 8.28. The number of ether oxygens (including phenoxy) is 1. The summed E-state index contributed by atoms with van der Waals surface area (Å²) in [4.78, 5) is 56.5. The van der Waals surface area contributed by atoms with Gasteiger partial charge in [-0.25, -0.2) is 4.79 Å². The fourth-order valence-electron chi connectivity index (χ4n) is 6.97. The quantitative estimate of drug-likeness (QED) is 0.0744. The molecule has 4 amide bonds. The third kappa shape index (κ3) is 13.0. The number of rotatable bonds is 21. The monoisotopic (exact) mass is 750 g/mol. The van der Waals surface area contributed by atoms with Gasteiger partial charge in [-0.15, -0.1) is 0 Å². The standard InChI is InChI=1S/C45H58N4O6/c1-5-7-25-38(44(53)49(29-31(3)4)40(26-32-17-10-8-11-18-32)41(50)28-34(6-2)42(46)51)47-43(52)39(48-45(54)55-30-33-19-12-9-13-20-33)27-36-23-16-22-35-21-14-15-24-37(35)36/h8-24,31,34,38-41,50H,5-7,25-30H2,1-4H3,(H2,46,51)(H,47,52)(H,48,54)/t34-,38+,39+,40+,41+/m1/s1. The van der Waals surface area contributed by atoms with Gasteiger partial charge < -0.3 is 31.1 Å². The second-order valence-electron chi connectivity index (χ2n) is 14.8. The molecular formula is C45H58N4O6. The normalized spacial score (nSPS) is 14.0. The molecule has 0 aromatic heterocycles. The van der Waals surface area contributed by atoms with Crippen molar-refractivity contribution in [2.24, 2.45) is 17.6 Å². The maximum Gasteiger partial charge on any atom is 0.408 e. The molecule has 0 aliphatic heterocycles. The van der Waals surface area contributed by atoms with Gasteiger partial charge in [0.1, 0.15) is 18.7 Å². The van der Waals surface area contributed by atoms with Gasteiger partial charge in [0.25, 0.3) is 0 Å². The van der Waals surface area contributed by atoms with Crippen LogP contribution in [0.3, 0.4) is 0 Å². The molecule has 0 unspecified atom stereocenters. The van der Waals surface area contributed by atoms with Gasteiger partial charge in [-0.05, 0) is 59.1 Å². The number of nitrogens with one attached hydrogen (secondary N) is 2. The Morgan fingerprint density at radius 2 is 1.42 bits per heavy atom. The number of carbonyl (C=O) groups is 4. The number of nitrogens with zero attached hydrogens (tertiary/aromatic N) is 1. The number of unbranched alkanes of at least 4 members (excludes halogenated alkanes) is 1. The summed E-state index contributed by atoms with van der Waals surface area (Å²) in [6.07, 6.45) is 0.994. The molecule has 0 saturated heterocycles. The lowest BCUT2D eigenvalue weighted by molar-refractivity contribution is -0.142. The molecule has 0 bridgehead atoms. The largest absolute Gasteiger partial charge is 0.445 e. The number of primary amides is 1. The van der Waals surface area contributed by atoms with Crippen LogP contribution in [0.25, 0.3) is 10.8 Å². The highest BCUT2D eigenvalue weighted by molar-refractivity contribution is 5.93. The second kappa shape index (κ2) is 21.6. The van der Waals surface area contributed by atoms with Crippen LogP contribution < -0.4 is 16.4 Å². The number of fused-ring (bicyclic) bond motifs is 1. The fraction of sp³-hybridized carbons (Fsp3) is 0.422. The van der Waals surface area contributed by atoms with Crippen molar-refractivity contribution in [3.8, 4) is 0 Å². The highest BCUT2D eigenvalue weighted by Crippen LogP contribution is 2.24. The Bertz CT molecular complexity index is 1810. The maximum absolute atomic E-state index is 14.9. The number of aliphatic hydroxyl groups excluding tert-OH is 1. The van der Waals surface area contributed by atoms with Crippen LogP contribution in [0.1, 0.15) is 76.5 Å². The number of nitrogens with two attached hydrogens (primary N) is 1. The summed E-state index contributed by atoms with van der Waals surface area (Å²) in [5, 5.41) is 19.6. The van der Waals surface area contributed by atoms with E-state index in [1.54, 1.807) is 4.90 Å². The Hall–Kier alpha value is -5.22. The first-order valence-electron chi connectivity index (χ1n) is 19.6. The molecule has 4 aromatic rings. The van der Waals surface area contributed by atoms with E-state index in [-0.39, 0.29) is 31.3 Å². The average molecular weight is 751 g/mol. The van der Waals surface area contributed by atoms with Crippen LogP contribution in [0.15, 0.2) is 103 Å². The van der Waals surface area contributed by atoms with Crippen LogP contribution in [0.5, 0.6) is 0 Å². The van der Waals surface area contributed by atoms with E-state index >= 15 is 0 Å². The van der Waals surface area contributed by atoms with E-state index in [2.05, 4.69) is 10.6 Å². The van der Waals surface area contributed by atoms with Gasteiger partial charge in [0.2, 0.25) is 17.7 Å². The Kier molecular flexibility index (Phi) is 16.7. The van der Waals surface area contributed by atoms with Crippen LogP contribution in [-0.2, 0) is 38.6 Å². The summed E-state index contributed by atoms with van der Waals surface area (Å²) in [5.74, 6) is -1.90. The van der Waals surface area contributed by atoms with Crippen molar-refractivity contribution >= 4 is 34.6 Å². The molecule has 0 radical (unpaired) electrons. The Morgan fingerprint density at radius 1 is 0.782 bits per heavy atom. The van der Waals surface area contributed by atoms with Crippen molar-refractivity contribution in [2.45, 2.75) is 103 Å². The van der Waals surface area contributed by atoms with Gasteiger partial charge in [-0.2, -0.15) is 0 Å². The number of aliphatic hydroxyl groups is 1. The highest BCUT2D eigenvalue weighted by Gasteiger charge is 2.37. The van der Waals surface area contributed by atoms with Crippen molar-refractivity contribution in [2.75, 3.05) is 6.54 Å². The van der Waals surface area contributed by atoms with Gasteiger partial charge in [0.15, 0.2) is 0 Å². The summed E-state index contributed by atoms with van der Waals surface area (Å²) in [6.45, 7) is 8.19. The van der Waals surface area contributed by atoms with E-state index in [9.17, 15) is 24.3 Å². The molecule has 0 aliphatic rings. The van der Waals surface area contributed by atoms with Crippen LogP contribution in [-0.4, -0.2) is 64.6 Å². The second-order valence-corrected chi connectivity index (χ2v) is 14.8. The van der Waals surface area contributed by atoms with Gasteiger partial charge >= 0.3 is 6.09 Å². The predicted molar refractivity (Wildman–Crippen MR) is 217 cm³/mol. The lowest BCUT2D eigenvalue weighted by atomic mass is 9.89. The zero-order valence-electron chi connectivity index (χ0n) is 32.7. The molecule has 0 saturated carbocycles. The Balaban J connectivity index is 1.67. The lowest BCUT2D eigenvalue weighted by Crippen LogP contribution is -2.59. The molecule has 0 heterocycles. The van der Waals surface area contributed by atoms with E-state index < -0.39 is 48.1 Å².